The molecule has 0 aromatic heterocycles. The van der Waals surface area contributed by atoms with E-state index in [1.54, 1.807) is 0 Å². The number of fused-ring (bicyclic) bond motifs is 2. The zero-order valence-corrected chi connectivity index (χ0v) is 6.81. The van der Waals surface area contributed by atoms with E-state index in [1.165, 1.54) is 0 Å². The Balaban J connectivity index is 2.30. The van der Waals surface area contributed by atoms with Crippen LogP contribution < -0.4 is 0 Å². The van der Waals surface area contributed by atoms with Gasteiger partial charge in [-0.1, -0.05) is 0 Å². The van der Waals surface area contributed by atoms with Crippen molar-refractivity contribution in [3.8, 4) is 0 Å². The minimum atomic E-state index is -0.751. The Morgan fingerprint density at radius 2 is 2.25 bits per heavy atom. The number of halogens is 1. The predicted octanol–water partition coefficient (Wildman–Crippen LogP) is 1.28. The third kappa shape index (κ3) is 0.853. The standard InChI is InChI=1S/C9H11FO2/c10-5-9-2-1-6(4-9)7(11)3-8(9)12/h6H,1-5H2/t6-,9+/m1/s1. The zero-order chi connectivity index (χ0) is 8.77. The highest BCUT2D eigenvalue weighted by atomic mass is 19.1. The monoisotopic (exact) mass is 170 g/mol. The summed E-state index contributed by atoms with van der Waals surface area (Å²) >= 11 is 0. The van der Waals surface area contributed by atoms with Gasteiger partial charge in [0.2, 0.25) is 0 Å². The van der Waals surface area contributed by atoms with Crippen LogP contribution in [0.5, 0.6) is 0 Å². The Morgan fingerprint density at radius 1 is 1.50 bits per heavy atom. The van der Waals surface area contributed by atoms with Gasteiger partial charge in [0.25, 0.3) is 0 Å². The SMILES string of the molecule is O=C1CC(=O)[C@@]2(CF)CC[C@@H]1C2. The van der Waals surface area contributed by atoms with Crippen molar-refractivity contribution in [3.05, 3.63) is 0 Å². The Morgan fingerprint density at radius 3 is 2.92 bits per heavy atom. The van der Waals surface area contributed by atoms with Gasteiger partial charge in [0.1, 0.15) is 18.2 Å². The molecule has 0 radical (unpaired) electrons. The summed E-state index contributed by atoms with van der Waals surface area (Å²) in [6, 6.07) is 0. The summed E-state index contributed by atoms with van der Waals surface area (Å²) in [4.78, 5) is 22.5. The molecule has 12 heavy (non-hydrogen) atoms. The van der Waals surface area contributed by atoms with E-state index in [2.05, 4.69) is 0 Å². The lowest BCUT2D eigenvalue weighted by Crippen LogP contribution is -2.37. The van der Waals surface area contributed by atoms with Crippen LogP contribution in [0.25, 0.3) is 0 Å². The molecule has 0 aliphatic heterocycles. The molecule has 2 atom stereocenters. The summed E-state index contributed by atoms with van der Waals surface area (Å²) in [7, 11) is 0. The molecule has 2 nitrogen and oxygen atoms in total. The van der Waals surface area contributed by atoms with Crippen molar-refractivity contribution in [1.82, 2.24) is 0 Å². The molecule has 2 bridgehead atoms. The molecule has 66 valence electrons. The van der Waals surface area contributed by atoms with Gasteiger partial charge in [-0.15, -0.1) is 0 Å². The maximum absolute atomic E-state index is 12.6. The van der Waals surface area contributed by atoms with Crippen molar-refractivity contribution in [2.24, 2.45) is 11.3 Å². The van der Waals surface area contributed by atoms with Crippen LogP contribution in [-0.2, 0) is 9.59 Å². The highest BCUT2D eigenvalue weighted by Gasteiger charge is 2.51. The van der Waals surface area contributed by atoms with Gasteiger partial charge in [-0.05, 0) is 19.3 Å². The van der Waals surface area contributed by atoms with Gasteiger partial charge >= 0.3 is 0 Å². The largest absolute Gasteiger partial charge is 0.299 e. The fraction of sp³-hybridized carbons (Fsp3) is 0.778. The number of carbonyl (C=O) groups excluding carboxylic acids is 2. The molecule has 0 aromatic carbocycles. The van der Waals surface area contributed by atoms with Gasteiger partial charge < -0.3 is 0 Å². The molecule has 2 rings (SSSR count). The van der Waals surface area contributed by atoms with Gasteiger partial charge in [0.15, 0.2) is 0 Å². The normalized spacial score (nSPS) is 40.6. The van der Waals surface area contributed by atoms with Crippen LogP contribution in [0.1, 0.15) is 25.7 Å². The number of hydrogen-bond acceptors (Lipinski definition) is 2. The molecule has 0 spiro atoms. The van der Waals surface area contributed by atoms with Gasteiger partial charge in [0.05, 0.1) is 11.8 Å². The van der Waals surface area contributed by atoms with Crippen molar-refractivity contribution >= 4 is 11.6 Å². The van der Waals surface area contributed by atoms with E-state index < -0.39 is 12.1 Å². The molecule has 0 amide bonds. The second kappa shape index (κ2) is 2.38. The topological polar surface area (TPSA) is 34.1 Å². The van der Waals surface area contributed by atoms with E-state index in [1.807, 2.05) is 0 Å². The quantitative estimate of drug-likeness (QED) is 0.555. The molecule has 0 saturated heterocycles. The lowest BCUT2D eigenvalue weighted by molar-refractivity contribution is -0.138. The first-order chi connectivity index (χ1) is 5.68. The summed E-state index contributed by atoms with van der Waals surface area (Å²) in [5.74, 6) is -0.149. The van der Waals surface area contributed by atoms with Crippen molar-refractivity contribution in [3.63, 3.8) is 0 Å². The minimum Gasteiger partial charge on any atom is -0.299 e. The molecule has 3 heteroatoms. The van der Waals surface area contributed by atoms with E-state index in [4.69, 9.17) is 0 Å². The van der Waals surface area contributed by atoms with Crippen LogP contribution in [0, 0.1) is 11.3 Å². The van der Waals surface area contributed by atoms with Crippen LogP contribution in [0.2, 0.25) is 0 Å². The van der Waals surface area contributed by atoms with Crippen LogP contribution >= 0.6 is 0 Å². The summed E-state index contributed by atoms with van der Waals surface area (Å²) in [6.45, 7) is -0.574. The first-order valence-corrected chi connectivity index (χ1v) is 4.30. The number of rotatable bonds is 1. The first-order valence-electron chi connectivity index (χ1n) is 4.30. The fourth-order valence-electron chi connectivity index (χ4n) is 2.34. The van der Waals surface area contributed by atoms with E-state index in [0.717, 1.165) is 0 Å². The van der Waals surface area contributed by atoms with Gasteiger partial charge in [-0.2, -0.15) is 0 Å². The third-order valence-electron chi connectivity index (χ3n) is 3.25. The minimum absolute atomic E-state index is 0.0153. The summed E-state index contributed by atoms with van der Waals surface area (Å²) in [5.41, 5.74) is -0.751. The Kier molecular flexibility index (Phi) is 1.56. The Labute approximate surface area is 70.1 Å². The Bertz CT molecular complexity index is 249. The van der Waals surface area contributed by atoms with Crippen LogP contribution in [-0.4, -0.2) is 18.2 Å². The van der Waals surface area contributed by atoms with Crippen LogP contribution in [0.3, 0.4) is 0 Å². The van der Waals surface area contributed by atoms with Crippen molar-refractivity contribution in [1.29, 1.82) is 0 Å². The fourth-order valence-corrected chi connectivity index (χ4v) is 2.34. The summed E-state index contributed by atoms with van der Waals surface area (Å²) in [5, 5.41) is 0. The van der Waals surface area contributed by atoms with E-state index in [0.29, 0.717) is 19.3 Å². The molecule has 2 aliphatic carbocycles. The number of hydrogen-bond donors (Lipinski definition) is 0. The summed E-state index contributed by atoms with van der Waals surface area (Å²) in [6.07, 6.45) is 1.75. The van der Waals surface area contributed by atoms with Gasteiger partial charge in [-0.3, -0.25) is 14.0 Å². The zero-order valence-electron chi connectivity index (χ0n) is 6.81. The molecular formula is C9H11FO2. The average molecular weight is 170 g/mol. The molecule has 2 saturated carbocycles. The van der Waals surface area contributed by atoms with Crippen molar-refractivity contribution in [2.75, 3.05) is 6.67 Å². The van der Waals surface area contributed by atoms with Crippen LogP contribution in [0.4, 0.5) is 4.39 Å². The first kappa shape index (κ1) is 7.90. The highest BCUT2D eigenvalue weighted by Crippen LogP contribution is 2.47. The number of alkyl halides is 1. The number of Topliss-reactive ketones (excluding diaryl/α,β-unsaturated/α-hetero) is 2. The average Bonchev–Trinajstić information content (AvgIpc) is 2.44. The maximum atomic E-state index is 12.6. The molecule has 0 N–H and O–H groups in total. The highest BCUT2D eigenvalue weighted by molar-refractivity contribution is 6.06. The van der Waals surface area contributed by atoms with Crippen LogP contribution in [0.15, 0.2) is 0 Å². The van der Waals surface area contributed by atoms with Crippen molar-refractivity contribution < 1.29 is 14.0 Å². The predicted molar refractivity (Wildman–Crippen MR) is 40.4 cm³/mol. The molecule has 2 aliphatic rings. The number of carbonyl (C=O) groups is 2. The second-order valence-corrected chi connectivity index (χ2v) is 3.92. The van der Waals surface area contributed by atoms with E-state index >= 15 is 0 Å². The van der Waals surface area contributed by atoms with Crippen molar-refractivity contribution in [2.45, 2.75) is 25.7 Å². The van der Waals surface area contributed by atoms with Gasteiger partial charge in [-0.25, -0.2) is 0 Å². The van der Waals surface area contributed by atoms with E-state index in [-0.39, 0.29) is 23.9 Å². The summed E-state index contributed by atoms with van der Waals surface area (Å²) < 4.78 is 12.6. The molecule has 0 unspecified atom stereocenters. The molecular weight excluding hydrogens is 159 g/mol. The number of ketones is 2. The third-order valence-corrected chi connectivity index (χ3v) is 3.25. The second-order valence-electron chi connectivity index (χ2n) is 3.92. The van der Waals surface area contributed by atoms with Gasteiger partial charge in [0, 0.05) is 5.92 Å². The molecule has 2 fully saturated rings. The van der Waals surface area contributed by atoms with E-state index in [9.17, 15) is 14.0 Å². The molecule has 0 aromatic rings. The smallest absolute Gasteiger partial charge is 0.149 e. The molecule has 0 heterocycles. The lowest BCUT2D eigenvalue weighted by Gasteiger charge is -2.27. The lowest BCUT2D eigenvalue weighted by atomic mass is 9.75. The maximum Gasteiger partial charge on any atom is 0.149 e. The Hall–Kier alpha value is -0.730.